The van der Waals surface area contributed by atoms with Crippen molar-refractivity contribution in [1.29, 1.82) is 0 Å². The SMILES string of the molecule is C=CCNC(=S)N1CCc2cc(O)c(OC)cc2[C@H]1C. The Balaban J connectivity index is 2.26. The molecule has 0 aromatic heterocycles. The van der Waals surface area contributed by atoms with Gasteiger partial charge in [0.25, 0.3) is 0 Å². The monoisotopic (exact) mass is 292 g/mol. The second-order valence-electron chi connectivity index (χ2n) is 4.82. The Labute approximate surface area is 125 Å². The Bertz CT molecular complexity index is 531. The number of thiocarbonyl (C=S) groups is 1. The molecule has 1 atom stereocenters. The van der Waals surface area contributed by atoms with Gasteiger partial charge in [0, 0.05) is 13.1 Å². The van der Waals surface area contributed by atoms with Crippen molar-refractivity contribution in [2.75, 3.05) is 20.2 Å². The van der Waals surface area contributed by atoms with Gasteiger partial charge in [-0.25, -0.2) is 0 Å². The third-order valence-electron chi connectivity index (χ3n) is 3.64. The highest BCUT2D eigenvalue weighted by Crippen LogP contribution is 2.37. The fourth-order valence-electron chi connectivity index (χ4n) is 2.54. The van der Waals surface area contributed by atoms with Gasteiger partial charge >= 0.3 is 0 Å². The lowest BCUT2D eigenvalue weighted by molar-refractivity contribution is 0.311. The molecule has 108 valence electrons. The standard InChI is InChI=1S/C15H20N2O2S/c1-4-6-16-15(20)17-7-5-11-8-13(18)14(19-3)9-12(11)10(17)2/h4,8-10,18H,1,5-7H2,2-3H3,(H,16,20)/t10-/m1/s1. The van der Waals surface area contributed by atoms with E-state index in [2.05, 4.69) is 23.7 Å². The number of phenolic OH excluding ortho intramolecular Hbond substituents is 1. The number of nitrogens with one attached hydrogen (secondary N) is 1. The van der Waals surface area contributed by atoms with Crippen molar-refractivity contribution in [2.24, 2.45) is 0 Å². The summed E-state index contributed by atoms with van der Waals surface area (Å²) in [6, 6.07) is 3.85. The van der Waals surface area contributed by atoms with Crippen LogP contribution in [0, 0.1) is 0 Å². The molecule has 0 radical (unpaired) electrons. The molecule has 2 N–H and O–H groups in total. The summed E-state index contributed by atoms with van der Waals surface area (Å²) in [6.45, 7) is 7.28. The predicted molar refractivity (Wildman–Crippen MR) is 84.3 cm³/mol. The second-order valence-corrected chi connectivity index (χ2v) is 5.20. The van der Waals surface area contributed by atoms with E-state index in [1.807, 2.05) is 6.07 Å². The highest BCUT2D eigenvalue weighted by molar-refractivity contribution is 7.80. The highest BCUT2D eigenvalue weighted by atomic mass is 32.1. The van der Waals surface area contributed by atoms with Crippen molar-refractivity contribution in [1.82, 2.24) is 10.2 Å². The molecule has 0 bridgehead atoms. The highest BCUT2D eigenvalue weighted by Gasteiger charge is 2.26. The van der Waals surface area contributed by atoms with Gasteiger partial charge in [-0.1, -0.05) is 6.08 Å². The van der Waals surface area contributed by atoms with Crippen molar-refractivity contribution in [3.8, 4) is 11.5 Å². The molecule has 0 unspecified atom stereocenters. The first-order valence-corrected chi connectivity index (χ1v) is 7.04. The van der Waals surface area contributed by atoms with Crippen molar-refractivity contribution in [3.05, 3.63) is 35.9 Å². The minimum atomic E-state index is 0.151. The Morgan fingerprint density at radius 3 is 3.05 bits per heavy atom. The maximum absolute atomic E-state index is 9.86. The summed E-state index contributed by atoms with van der Waals surface area (Å²) in [4.78, 5) is 2.15. The average Bonchev–Trinajstić information content (AvgIpc) is 2.44. The average molecular weight is 292 g/mol. The molecule has 1 aromatic rings. The molecule has 2 rings (SSSR count). The molecule has 0 aliphatic carbocycles. The van der Waals surface area contributed by atoms with Crippen LogP contribution in [0.15, 0.2) is 24.8 Å². The number of rotatable bonds is 3. The molecule has 5 heteroatoms. The summed E-state index contributed by atoms with van der Waals surface area (Å²) < 4.78 is 5.19. The number of nitrogens with zero attached hydrogens (tertiary/aromatic N) is 1. The first-order chi connectivity index (χ1) is 9.58. The first-order valence-electron chi connectivity index (χ1n) is 6.63. The van der Waals surface area contributed by atoms with Gasteiger partial charge in [0.15, 0.2) is 16.6 Å². The van der Waals surface area contributed by atoms with Crippen molar-refractivity contribution < 1.29 is 9.84 Å². The van der Waals surface area contributed by atoms with Crippen LogP contribution >= 0.6 is 12.2 Å². The first kappa shape index (κ1) is 14.7. The molecule has 4 nitrogen and oxygen atoms in total. The Kier molecular flexibility index (Phi) is 4.49. The van der Waals surface area contributed by atoms with E-state index < -0.39 is 0 Å². The molecule has 0 fully saturated rings. The van der Waals surface area contributed by atoms with Crippen molar-refractivity contribution in [2.45, 2.75) is 19.4 Å². The van der Waals surface area contributed by atoms with Gasteiger partial charge < -0.3 is 20.1 Å². The summed E-state index contributed by atoms with van der Waals surface area (Å²) in [6.07, 6.45) is 2.64. The topological polar surface area (TPSA) is 44.7 Å². The van der Waals surface area contributed by atoms with Gasteiger partial charge in [0.1, 0.15) is 0 Å². The Hall–Kier alpha value is -1.75. The molecule has 20 heavy (non-hydrogen) atoms. The lowest BCUT2D eigenvalue weighted by Crippen LogP contribution is -2.44. The molecule has 0 amide bonds. The summed E-state index contributed by atoms with van der Waals surface area (Å²) in [5.41, 5.74) is 2.30. The van der Waals surface area contributed by atoms with Gasteiger partial charge in [-0.05, 0) is 48.8 Å². The quantitative estimate of drug-likeness (QED) is 0.661. The smallest absolute Gasteiger partial charge is 0.169 e. The van der Waals surface area contributed by atoms with Crippen molar-refractivity contribution in [3.63, 3.8) is 0 Å². The predicted octanol–water partition coefficient (Wildman–Crippen LogP) is 2.38. The molecule has 0 saturated heterocycles. The summed E-state index contributed by atoms with van der Waals surface area (Å²) >= 11 is 5.42. The van der Waals surface area contributed by atoms with Crippen LogP contribution in [0.1, 0.15) is 24.1 Å². The second kappa shape index (κ2) is 6.13. The number of hydrogen-bond acceptors (Lipinski definition) is 3. The number of benzene rings is 1. The minimum absolute atomic E-state index is 0.151. The van der Waals surface area contributed by atoms with E-state index in [1.165, 1.54) is 0 Å². The van der Waals surface area contributed by atoms with E-state index >= 15 is 0 Å². The molecule has 0 spiro atoms. The number of ether oxygens (including phenoxy) is 1. The number of phenols is 1. The third-order valence-corrected chi connectivity index (χ3v) is 4.02. The van der Waals surface area contributed by atoms with Crippen LogP contribution in [-0.4, -0.2) is 35.3 Å². The van der Waals surface area contributed by atoms with Gasteiger partial charge in [-0.15, -0.1) is 6.58 Å². The number of methoxy groups -OCH3 is 1. The number of fused-ring (bicyclic) bond motifs is 1. The van der Waals surface area contributed by atoms with Crippen molar-refractivity contribution >= 4 is 17.3 Å². The molecule has 1 heterocycles. The van der Waals surface area contributed by atoms with Gasteiger partial charge in [-0.3, -0.25) is 0 Å². The zero-order valence-electron chi connectivity index (χ0n) is 11.8. The van der Waals surface area contributed by atoms with Crippen LogP contribution in [0.25, 0.3) is 0 Å². The largest absolute Gasteiger partial charge is 0.504 e. The Morgan fingerprint density at radius 2 is 2.40 bits per heavy atom. The Morgan fingerprint density at radius 1 is 1.65 bits per heavy atom. The lowest BCUT2D eigenvalue weighted by Gasteiger charge is -2.37. The molecular formula is C15H20N2O2S. The molecule has 1 aliphatic rings. The fraction of sp³-hybridized carbons (Fsp3) is 0.400. The fourth-order valence-corrected chi connectivity index (χ4v) is 2.87. The van der Waals surface area contributed by atoms with Crippen LogP contribution < -0.4 is 10.1 Å². The van der Waals surface area contributed by atoms with Crippen LogP contribution in [0.3, 0.4) is 0 Å². The van der Waals surface area contributed by atoms with E-state index in [-0.39, 0.29) is 11.8 Å². The lowest BCUT2D eigenvalue weighted by atomic mass is 9.93. The van der Waals surface area contributed by atoms with Gasteiger partial charge in [0.05, 0.1) is 13.2 Å². The molecule has 1 aromatic carbocycles. The van der Waals surface area contributed by atoms with E-state index in [4.69, 9.17) is 17.0 Å². The maximum Gasteiger partial charge on any atom is 0.169 e. The summed E-state index contributed by atoms with van der Waals surface area (Å²) in [5.74, 6) is 0.696. The number of hydrogen-bond donors (Lipinski definition) is 2. The minimum Gasteiger partial charge on any atom is -0.504 e. The van der Waals surface area contributed by atoms with E-state index in [0.717, 1.165) is 29.2 Å². The van der Waals surface area contributed by atoms with Crippen LogP contribution in [-0.2, 0) is 6.42 Å². The van der Waals surface area contributed by atoms with E-state index in [9.17, 15) is 5.11 Å². The molecular weight excluding hydrogens is 272 g/mol. The normalized spacial score (nSPS) is 17.3. The number of aromatic hydroxyl groups is 1. The zero-order valence-corrected chi connectivity index (χ0v) is 12.7. The third kappa shape index (κ3) is 2.72. The van der Waals surface area contributed by atoms with Crippen LogP contribution in [0.5, 0.6) is 11.5 Å². The van der Waals surface area contributed by atoms with Gasteiger partial charge in [-0.2, -0.15) is 0 Å². The maximum atomic E-state index is 9.86. The summed E-state index contributed by atoms with van der Waals surface area (Å²) in [7, 11) is 1.56. The zero-order chi connectivity index (χ0) is 14.7. The molecule has 1 aliphatic heterocycles. The van der Waals surface area contributed by atoms with Gasteiger partial charge in [0.2, 0.25) is 0 Å². The van der Waals surface area contributed by atoms with E-state index in [1.54, 1.807) is 19.3 Å². The van der Waals surface area contributed by atoms with Crippen LogP contribution in [0.2, 0.25) is 0 Å². The van der Waals surface area contributed by atoms with Crippen LogP contribution in [0.4, 0.5) is 0 Å². The van der Waals surface area contributed by atoms with E-state index in [0.29, 0.717) is 12.3 Å². The molecule has 0 saturated carbocycles. The summed E-state index contributed by atoms with van der Waals surface area (Å²) in [5, 5.41) is 13.7.